The highest BCUT2D eigenvalue weighted by atomic mass is 16.5. The van der Waals surface area contributed by atoms with Crippen molar-refractivity contribution in [3.63, 3.8) is 0 Å². The Morgan fingerprint density at radius 2 is 1.48 bits per heavy atom. The Labute approximate surface area is 147 Å². The van der Waals surface area contributed by atoms with E-state index >= 15 is 0 Å². The van der Waals surface area contributed by atoms with Crippen molar-refractivity contribution in [3.8, 4) is 5.75 Å². The van der Waals surface area contributed by atoms with Crippen LogP contribution in [0.15, 0.2) is 54.6 Å². The number of ether oxygens (including phenoxy) is 1. The zero-order chi connectivity index (χ0) is 17.6. The van der Waals surface area contributed by atoms with Gasteiger partial charge in [-0.05, 0) is 29.8 Å². The monoisotopic (exact) mass is 338 g/mol. The van der Waals surface area contributed by atoms with Crippen molar-refractivity contribution < 1.29 is 14.3 Å². The number of carbonyl (C=O) groups is 2. The molecule has 0 bridgehead atoms. The van der Waals surface area contributed by atoms with Gasteiger partial charge in [0.2, 0.25) is 5.91 Å². The summed E-state index contributed by atoms with van der Waals surface area (Å²) < 4.78 is 5.71. The van der Waals surface area contributed by atoms with Gasteiger partial charge in [0, 0.05) is 38.7 Å². The standard InChI is InChI=1S/C20H22N2O3/c1-16(23)21-11-13-22(14-12-21)20(24)18-9-7-17(8-10-18)15-25-19-5-3-2-4-6-19/h2-10H,11-15H2,1H3. The third kappa shape index (κ3) is 4.38. The van der Waals surface area contributed by atoms with E-state index in [2.05, 4.69) is 0 Å². The number of amides is 2. The molecule has 1 aliphatic rings. The molecule has 25 heavy (non-hydrogen) atoms. The van der Waals surface area contributed by atoms with E-state index in [1.807, 2.05) is 54.6 Å². The predicted octanol–water partition coefficient (Wildman–Crippen LogP) is 2.57. The first-order chi connectivity index (χ1) is 12.1. The number of hydrogen-bond donors (Lipinski definition) is 0. The predicted molar refractivity (Wildman–Crippen MR) is 95.4 cm³/mol. The van der Waals surface area contributed by atoms with Crippen LogP contribution in [-0.2, 0) is 11.4 Å². The molecule has 130 valence electrons. The molecular weight excluding hydrogens is 316 g/mol. The molecule has 0 radical (unpaired) electrons. The van der Waals surface area contributed by atoms with Crippen LogP contribution in [0, 0.1) is 0 Å². The first-order valence-corrected chi connectivity index (χ1v) is 8.45. The maximum Gasteiger partial charge on any atom is 0.253 e. The summed E-state index contributed by atoms with van der Waals surface area (Å²) in [6, 6.07) is 17.2. The van der Waals surface area contributed by atoms with E-state index in [0.29, 0.717) is 38.3 Å². The first-order valence-electron chi connectivity index (χ1n) is 8.45. The molecule has 0 N–H and O–H groups in total. The Hall–Kier alpha value is -2.82. The van der Waals surface area contributed by atoms with Crippen LogP contribution in [0.3, 0.4) is 0 Å². The summed E-state index contributed by atoms with van der Waals surface area (Å²) in [4.78, 5) is 27.5. The molecule has 5 nitrogen and oxygen atoms in total. The van der Waals surface area contributed by atoms with Gasteiger partial charge in [0.25, 0.3) is 5.91 Å². The fourth-order valence-electron chi connectivity index (χ4n) is 2.83. The molecule has 1 saturated heterocycles. The largest absolute Gasteiger partial charge is 0.489 e. The van der Waals surface area contributed by atoms with Gasteiger partial charge in [0.1, 0.15) is 12.4 Å². The third-order valence-electron chi connectivity index (χ3n) is 4.36. The van der Waals surface area contributed by atoms with Crippen molar-refractivity contribution in [1.29, 1.82) is 0 Å². The maximum atomic E-state index is 12.6. The van der Waals surface area contributed by atoms with E-state index in [0.717, 1.165) is 11.3 Å². The smallest absolute Gasteiger partial charge is 0.253 e. The minimum atomic E-state index is 0.0127. The Morgan fingerprint density at radius 1 is 0.880 bits per heavy atom. The van der Waals surface area contributed by atoms with Gasteiger partial charge in [-0.25, -0.2) is 0 Å². The number of para-hydroxylation sites is 1. The van der Waals surface area contributed by atoms with Crippen LogP contribution < -0.4 is 4.74 Å². The molecule has 0 unspecified atom stereocenters. The second-order valence-electron chi connectivity index (χ2n) is 6.10. The highest BCUT2D eigenvalue weighted by Crippen LogP contribution is 2.14. The van der Waals surface area contributed by atoms with Gasteiger partial charge in [0.15, 0.2) is 0 Å². The van der Waals surface area contributed by atoms with Crippen LogP contribution in [0.5, 0.6) is 5.75 Å². The normalized spacial score (nSPS) is 14.3. The minimum absolute atomic E-state index is 0.0127. The number of hydrogen-bond acceptors (Lipinski definition) is 3. The summed E-state index contributed by atoms with van der Waals surface area (Å²) in [5.74, 6) is 0.902. The Morgan fingerprint density at radius 3 is 2.08 bits per heavy atom. The molecule has 2 amide bonds. The minimum Gasteiger partial charge on any atom is -0.489 e. The summed E-state index contributed by atoms with van der Waals surface area (Å²) in [6.45, 7) is 4.40. The number of rotatable bonds is 4. The van der Waals surface area contributed by atoms with Gasteiger partial charge in [-0.3, -0.25) is 9.59 Å². The van der Waals surface area contributed by atoms with Gasteiger partial charge in [-0.2, -0.15) is 0 Å². The van der Waals surface area contributed by atoms with Crippen LogP contribution in [0.1, 0.15) is 22.8 Å². The highest BCUT2D eigenvalue weighted by Gasteiger charge is 2.23. The first kappa shape index (κ1) is 17.0. The van der Waals surface area contributed by atoms with Gasteiger partial charge in [-0.1, -0.05) is 30.3 Å². The fraction of sp³-hybridized carbons (Fsp3) is 0.300. The molecule has 0 aromatic heterocycles. The van der Waals surface area contributed by atoms with E-state index in [1.165, 1.54) is 0 Å². The molecule has 2 aromatic rings. The lowest BCUT2D eigenvalue weighted by Gasteiger charge is -2.34. The molecular formula is C20H22N2O3. The Balaban J connectivity index is 1.55. The molecule has 0 spiro atoms. The maximum absolute atomic E-state index is 12.6. The van der Waals surface area contributed by atoms with Gasteiger partial charge in [-0.15, -0.1) is 0 Å². The lowest BCUT2D eigenvalue weighted by molar-refractivity contribution is -0.130. The van der Waals surface area contributed by atoms with Crippen LogP contribution in [0.4, 0.5) is 0 Å². The second kappa shape index (κ2) is 7.83. The Bertz CT molecular complexity index is 720. The molecule has 1 heterocycles. The van der Waals surface area contributed by atoms with Gasteiger partial charge >= 0.3 is 0 Å². The summed E-state index contributed by atoms with van der Waals surface area (Å²) >= 11 is 0. The SMILES string of the molecule is CC(=O)N1CCN(C(=O)c2ccc(COc3ccccc3)cc2)CC1. The number of benzene rings is 2. The average Bonchev–Trinajstić information content (AvgIpc) is 2.67. The summed E-state index contributed by atoms with van der Waals surface area (Å²) in [5.41, 5.74) is 1.68. The summed E-state index contributed by atoms with van der Waals surface area (Å²) in [7, 11) is 0. The number of nitrogens with zero attached hydrogens (tertiary/aromatic N) is 2. The molecule has 0 aliphatic carbocycles. The van der Waals surface area contributed by atoms with E-state index in [9.17, 15) is 9.59 Å². The van der Waals surface area contributed by atoms with E-state index < -0.39 is 0 Å². The van der Waals surface area contributed by atoms with E-state index in [4.69, 9.17) is 4.74 Å². The molecule has 3 rings (SSSR count). The van der Waals surface area contributed by atoms with Crippen molar-refractivity contribution in [2.24, 2.45) is 0 Å². The lowest BCUT2D eigenvalue weighted by atomic mass is 10.1. The van der Waals surface area contributed by atoms with Gasteiger partial charge < -0.3 is 14.5 Å². The molecule has 2 aromatic carbocycles. The van der Waals surface area contributed by atoms with Crippen molar-refractivity contribution in [3.05, 3.63) is 65.7 Å². The molecule has 0 atom stereocenters. The van der Waals surface area contributed by atoms with Crippen LogP contribution in [0.2, 0.25) is 0 Å². The van der Waals surface area contributed by atoms with Crippen molar-refractivity contribution in [2.75, 3.05) is 26.2 Å². The van der Waals surface area contributed by atoms with E-state index in [-0.39, 0.29) is 11.8 Å². The zero-order valence-electron chi connectivity index (χ0n) is 14.4. The second-order valence-corrected chi connectivity index (χ2v) is 6.10. The quantitative estimate of drug-likeness (QED) is 0.861. The van der Waals surface area contributed by atoms with Crippen molar-refractivity contribution >= 4 is 11.8 Å². The van der Waals surface area contributed by atoms with Crippen LogP contribution >= 0.6 is 0 Å². The van der Waals surface area contributed by atoms with Crippen molar-refractivity contribution in [1.82, 2.24) is 9.80 Å². The molecule has 5 heteroatoms. The van der Waals surface area contributed by atoms with Crippen molar-refractivity contribution in [2.45, 2.75) is 13.5 Å². The molecule has 1 aliphatic heterocycles. The topological polar surface area (TPSA) is 49.9 Å². The zero-order valence-corrected chi connectivity index (χ0v) is 14.4. The molecule has 1 fully saturated rings. The fourth-order valence-corrected chi connectivity index (χ4v) is 2.83. The average molecular weight is 338 g/mol. The summed E-state index contributed by atoms with van der Waals surface area (Å²) in [5, 5.41) is 0. The Kier molecular flexibility index (Phi) is 5.33. The summed E-state index contributed by atoms with van der Waals surface area (Å²) in [6.07, 6.45) is 0. The third-order valence-corrected chi connectivity index (χ3v) is 4.36. The van der Waals surface area contributed by atoms with Gasteiger partial charge in [0.05, 0.1) is 0 Å². The highest BCUT2D eigenvalue weighted by molar-refractivity contribution is 5.94. The van der Waals surface area contributed by atoms with Crippen LogP contribution in [0.25, 0.3) is 0 Å². The molecule has 0 saturated carbocycles. The van der Waals surface area contributed by atoms with Crippen LogP contribution in [-0.4, -0.2) is 47.8 Å². The number of carbonyl (C=O) groups excluding carboxylic acids is 2. The van der Waals surface area contributed by atoms with E-state index in [1.54, 1.807) is 16.7 Å². The number of piperazine rings is 1. The lowest BCUT2D eigenvalue weighted by Crippen LogP contribution is -2.50.